The number of aryl methyl sites for hydroxylation is 1. The molecule has 5 N–H and O–H groups in total. The van der Waals surface area contributed by atoms with Crippen molar-refractivity contribution in [3.63, 3.8) is 0 Å². The normalized spacial score (nSPS) is 11.7. The van der Waals surface area contributed by atoms with Crippen LogP contribution in [0.2, 0.25) is 0 Å². The van der Waals surface area contributed by atoms with E-state index in [1.54, 1.807) is 17.6 Å². The fourth-order valence-electron chi connectivity index (χ4n) is 1.91. The van der Waals surface area contributed by atoms with Gasteiger partial charge >= 0.3 is 0 Å². The number of hydroxylamine groups is 1. The van der Waals surface area contributed by atoms with E-state index in [2.05, 4.69) is 17.1 Å². The lowest BCUT2D eigenvalue weighted by Gasteiger charge is -2.05. The molecular weight excluding hydrogens is 396 g/mol. The predicted molar refractivity (Wildman–Crippen MR) is 112 cm³/mol. The van der Waals surface area contributed by atoms with E-state index in [0.29, 0.717) is 6.61 Å². The Kier molecular flexibility index (Phi) is 10.4. The van der Waals surface area contributed by atoms with Crippen molar-refractivity contribution >= 4 is 22.3 Å². The molecule has 0 amide bonds. The van der Waals surface area contributed by atoms with Crippen molar-refractivity contribution in [2.75, 3.05) is 6.61 Å². The van der Waals surface area contributed by atoms with Gasteiger partial charge < -0.3 is 10.5 Å². The molecule has 29 heavy (non-hydrogen) atoms. The molecule has 0 heterocycles. The number of nitrogens with two attached hydrogens (primary N) is 1. The second kappa shape index (κ2) is 12.5. The molecule has 0 aliphatic carbocycles. The van der Waals surface area contributed by atoms with Crippen molar-refractivity contribution in [2.24, 2.45) is 15.9 Å². The van der Waals surface area contributed by atoms with Gasteiger partial charge in [-0.15, -0.1) is 5.10 Å². The molecular formula is C19H26N4O5S. The Morgan fingerprint density at radius 3 is 2.52 bits per heavy atom. The molecule has 0 fully saturated rings. The van der Waals surface area contributed by atoms with Crippen LogP contribution < -0.4 is 16.0 Å². The van der Waals surface area contributed by atoms with Gasteiger partial charge in [0.1, 0.15) is 5.75 Å². The largest absolute Gasteiger partial charge is 0.494 e. The Morgan fingerprint density at radius 1 is 1.24 bits per heavy atom. The molecule has 0 unspecified atom stereocenters. The number of nitrogens with one attached hydrogen (secondary N) is 1. The van der Waals surface area contributed by atoms with Crippen LogP contribution in [0.25, 0.3) is 0 Å². The van der Waals surface area contributed by atoms with Gasteiger partial charge in [0.15, 0.2) is 0 Å². The molecule has 0 saturated heterocycles. The van der Waals surface area contributed by atoms with Crippen LogP contribution in [-0.2, 0) is 10.1 Å². The Balaban J connectivity index is 0.000000326. The lowest BCUT2D eigenvalue weighted by Crippen LogP contribution is -2.27. The van der Waals surface area contributed by atoms with E-state index in [0.717, 1.165) is 29.7 Å². The van der Waals surface area contributed by atoms with E-state index in [1.807, 2.05) is 31.2 Å². The van der Waals surface area contributed by atoms with Crippen molar-refractivity contribution in [2.45, 2.75) is 31.6 Å². The van der Waals surface area contributed by atoms with Crippen molar-refractivity contribution in [1.82, 2.24) is 5.48 Å². The van der Waals surface area contributed by atoms with Crippen LogP contribution in [-0.4, -0.2) is 37.0 Å². The van der Waals surface area contributed by atoms with E-state index in [4.69, 9.17) is 20.2 Å². The second-order valence-corrected chi connectivity index (χ2v) is 7.33. The quantitative estimate of drug-likeness (QED) is 0.176. The van der Waals surface area contributed by atoms with Gasteiger partial charge in [0, 0.05) is 0 Å². The second-order valence-electron chi connectivity index (χ2n) is 5.90. The molecule has 0 aliphatic rings. The average Bonchev–Trinajstić information content (AvgIpc) is 2.68. The van der Waals surface area contributed by atoms with E-state index in [1.165, 1.54) is 18.3 Å². The summed E-state index contributed by atoms with van der Waals surface area (Å²) in [5.41, 5.74) is 8.69. The molecule has 10 heteroatoms. The maximum Gasteiger partial charge on any atom is 0.294 e. The number of hydrogen-bond acceptors (Lipinski definition) is 6. The molecule has 0 aliphatic heterocycles. The standard InChI is InChI=1S/C12H18N4O2.C7H8O3S/c1-2-3-7-18-11-6-4-5-10(8-11)9-14-15-12(13)16-17;1-6-2-4-7(5-3-6)11(8,9)10/h4-6,8-9,17H,2-3,7H2,1H3,(H3,13,15,16);2-5H,1H3,(H,8,9,10). The maximum absolute atomic E-state index is 10.5. The fraction of sp³-hybridized carbons (Fsp3) is 0.263. The lowest BCUT2D eigenvalue weighted by atomic mass is 10.2. The van der Waals surface area contributed by atoms with E-state index >= 15 is 0 Å². The highest BCUT2D eigenvalue weighted by Gasteiger charge is 2.06. The zero-order valence-corrected chi connectivity index (χ0v) is 17.1. The summed E-state index contributed by atoms with van der Waals surface area (Å²) >= 11 is 0. The van der Waals surface area contributed by atoms with Gasteiger partial charge in [-0.25, -0.2) is 5.48 Å². The van der Waals surface area contributed by atoms with E-state index in [-0.39, 0.29) is 10.9 Å². The minimum absolute atomic E-state index is 0.0666. The van der Waals surface area contributed by atoms with Crippen LogP contribution in [0.5, 0.6) is 5.75 Å². The highest BCUT2D eigenvalue weighted by molar-refractivity contribution is 7.85. The SMILES string of the molecule is CCCCOc1cccc(C=N/N=C(\N)NO)c1.Cc1ccc(S(=O)(=O)O)cc1. The van der Waals surface area contributed by atoms with Crippen molar-refractivity contribution in [1.29, 1.82) is 0 Å². The topological polar surface area (TPSA) is 147 Å². The molecule has 0 atom stereocenters. The third-order valence-electron chi connectivity index (χ3n) is 3.43. The summed E-state index contributed by atoms with van der Waals surface area (Å²) in [4.78, 5) is -0.0666. The van der Waals surface area contributed by atoms with Crippen molar-refractivity contribution in [3.8, 4) is 5.75 Å². The summed E-state index contributed by atoms with van der Waals surface area (Å²) in [6.45, 7) is 4.66. The van der Waals surface area contributed by atoms with Crippen molar-refractivity contribution < 1.29 is 22.9 Å². The fourth-order valence-corrected chi connectivity index (χ4v) is 2.39. The average molecular weight is 423 g/mol. The molecule has 9 nitrogen and oxygen atoms in total. The van der Waals surface area contributed by atoms with Gasteiger partial charge in [-0.05, 0) is 43.2 Å². The minimum atomic E-state index is -4.02. The smallest absolute Gasteiger partial charge is 0.294 e. The van der Waals surface area contributed by atoms with Crippen LogP contribution >= 0.6 is 0 Å². The molecule has 2 aromatic carbocycles. The zero-order chi connectivity index (χ0) is 21.7. The Hall–Kier alpha value is -2.95. The highest BCUT2D eigenvalue weighted by atomic mass is 32.2. The van der Waals surface area contributed by atoms with Crippen molar-refractivity contribution in [3.05, 3.63) is 59.7 Å². The molecule has 0 saturated carbocycles. The van der Waals surface area contributed by atoms with Gasteiger partial charge in [-0.3, -0.25) is 9.76 Å². The molecule has 158 valence electrons. The third-order valence-corrected chi connectivity index (χ3v) is 4.30. The Morgan fingerprint density at radius 2 is 1.93 bits per heavy atom. The third kappa shape index (κ3) is 10.2. The summed E-state index contributed by atoms with van der Waals surface area (Å²) < 4.78 is 35.1. The number of ether oxygens (including phenoxy) is 1. The van der Waals surface area contributed by atoms with Crippen LogP contribution in [0, 0.1) is 6.92 Å². The predicted octanol–water partition coefficient (Wildman–Crippen LogP) is 2.73. The van der Waals surface area contributed by atoms with Crippen LogP contribution in [0.15, 0.2) is 63.6 Å². The summed E-state index contributed by atoms with van der Waals surface area (Å²) in [7, 11) is -4.02. The summed E-state index contributed by atoms with van der Waals surface area (Å²) in [5.74, 6) is 0.631. The van der Waals surface area contributed by atoms with Gasteiger partial charge in [0.05, 0.1) is 17.7 Å². The molecule has 2 aromatic rings. The first kappa shape index (κ1) is 24.1. The van der Waals surface area contributed by atoms with Gasteiger partial charge in [-0.2, -0.15) is 13.5 Å². The first-order valence-corrected chi connectivity index (χ1v) is 10.2. The summed E-state index contributed by atoms with van der Waals surface area (Å²) in [6, 6.07) is 13.5. The summed E-state index contributed by atoms with van der Waals surface area (Å²) in [5, 5.41) is 15.6. The Bertz CT molecular complexity index is 912. The zero-order valence-electron chi connectivity index (χ0n) is 16.3. The number of rotatable bonds is 7. The van der Waals surface area contributed by atoms with E-state index in [9.17, 15) is 8.42 Å². The monoisotopic (exact) mass is 422 g/mol. The number of nitrogens with zero attached hydrogens (tertiary/aromatic N) is 2. The number of guanidine groups is 1. The van der Waals surface area contributed by atoms with Crippen LogP contribution in [0.3, 0.4) is 0 Å². The van der Waals surface area contributed by atoms with Crippen LogP contribution in [0.4, 0.5) is 0 Å². The Labute approximate surface area is 170 Å². The van der Waals surface area contributed by atoms with Crippen LogP contribution in [0.1, 0.15) is 30.9 Å². The molecule has 0 radical (unpaired) electrons. The number of unbranched alkanes of at least 4 members (excludes halogenated alkanes) is 1. The molecule has 0 aromatic heterocycles. The first-order chi connectivity index (χ1) is 13.8. The maximum atomic E-state index is 10.5. The van der Waals surface area contributed by atoms with Gasteiger partial charge in [0.25, 0.3) is 10.1 Å². The summed E-state index contributed by atoms with van der Waals surface area (Å²) in [6.07, 6.45) is 3.65. The lowest BCUT2D eigenvalue weighted by molar-refractivity contribution is 0.232. The van der Waals surface area contributed by atoms with Gasteiger partial charge in [-0.1, -0.05) is 43.2 Å². The number of hydrogen-bond donors (Lipinski definition) is 4. The van der Waals surface area contributed by atoms with Gasteiger partial charge in [0.2, 0.25) is 5.96 Å². The molecule has 2 rings (SSSR count). The number of benzene rings is 2. The minimum Gasteiger partial charge on any atom is -0.494 e. The van der Waals surface area contributed by atoms with E-state index < -0.39 is 10.1 Å². The highest BCUT2D eigenvalue weighted by Crippen LogP contribution is 2.12. The molecule has 0 spiro atoms. The molecule has 0 bridgehead atoms. The first-order valence-electron chi connectivity index (χ1n) is 8.80.